The summed E-state index contributed by atoms with van der Waals surface area (Å²) >= 11 is 0. The zero-order chi connectivity index (χ0) is 16.5. The number of nitrogens with one attached hydrogen (secondary N) is 1. The van der Waals surface area contributed by atoms with Gasteiger partial charge < -0.3 is 10.1 Å². The van der Waals surface area contributed by atoms with Gasteiger partial charge in [-0.2, -0.15) is 4.57 Å². The minimum atomic E-state index is 0.856. The van der Waals surface area contributed by atoms with Gasteiger partial charge in [0.2, 0.25) is 11.0 Å². The summed E-state index contributed by atoms with van der Waals surface area (Å²) < 4.78 is 7.48. The van der Waals surface area contributed by atoms with Gasteiger partial charge in [-0.25, -0.2) is 0 Å². The fourth-order valence-electron chi connectivity index (χ4n) is 3.18. The van der Waals surface area contributed by atoms with E-state index < -0.39 is 0 Å². The van der Waals surface area contributed by atoms with Crippen molar-refractivity contribution in [2.24, 2.45) is 7.05 Å². The van der Waals surface area contributed by atoms with E-state index in [2.05, 4.69) is 65.5 Å². The number of methoxy groups -OCH3 is 1. The lowest BCUT2D eigenvalue weighted by Crippen LogP contribution is -2.30. The van der Waals surface area contributed by atoms with Crippen molar-refractivity contribution in [2.75, 3.05) is 12.4 Å². The van der Waals surface area contributed by atoms with Crippen LogP contribution in [-0.4, -0.2) is 7.11 Å². The molecule has 3 heteroatoms. The van der Waals surface area contributed by atoms with E-state index in [-0.39, 0.29) is 0 Å². The van der Waals surface area contributed by atoms with Crippen LogP contribution in [0.3, 0.4) is 0 Å². The Bertz CT molecular complexity index is 966. The highest BCUT2D eigenvalue weighted by Gasteiger charge is 2.17. The summed E-state index contributed by atoms with van der Waals surface area (Å²) in [5.41, 5.74) is 4.57. The molecule has 4 aromatic rings. The molecule has 24 heavy (non-hydrogen) atoms. The minimum Gasteiger partial charge on any atom is -0.497 e. The van der Waals surface area contributed by atoms with Crippen LogP contribution in [0.4, 0.5) is 11.4 Å². The Kier molecular flexibility index (Phi) is 3.54. The van der Waals surface area contributed by atoms with E-state index in [1.807, 2.05) is 24.3 Å². The molecule has 118 valence electrons. The first-order valence-electron chi connectivity index (χ1n) is 7.98. The predicted molar refractivity (Wildman–Crippen MR) is 98.9 cm³/mol. The first-order valence-corrected chi connectivity index (χ1v) is 7.98. The lowest BCUT2D eigenvalue weighted by molar-refractivity contribution is -0.617. The van der Waals surface area contributed by atoms with Gasteiger partial charge in [0.05, 0.1) is 23.6 Å². The van der Waals surface area contributed by atoms with Crippen molar-refractivity contribution in [1.29, 1.82) is 0 Å². The van der Waals surface area contributed by atoms with E-state index >= 15 is 0 Å². The van der Waals surface area contributed by atoms with Gasteiger partial charge in [0.25, 0.3) is 0 Å². The summed E-state index contributed by atoms with van der Waals surface area (Å²) in [5.74, 6) is 0.856. The molecule has 0 aliphatic carbocycles. The summed E-state index contributed by atoms with van der Waals surface area (Å²) in [7, 11) is 3.79. The molecular formula is C21H19N2O+. The van der Waals surface area contributed by atoms with Gasteiger partial charge in [0.1, 0.15) is 12.8 Å². The van der Waals surface area contributed by atoms with Crippen LogP contribution in [-0.2, 0) is 7.05 Å². The van der Waals surface area contributed by atoms with Crippen LogP contribution >= 0.6 is 0 Å². The fraction of sp³-hybridized carbons (Fsp3) is 0.0952. The van der Waals surface area contributed by atoms with E-state index in [1.165, 1.54) is 21.8 Å². The van der Waals surface area contributed by atoms with Crippen LogP contribution in [0.2, 0.25) is 0 Å². The first kappa shape index (κ1) is 14.5. The second-order valence-electron chi connectivity index (χ2n) is 5.82. The third kappa shape index (κ3) is 2.35. The number of para-hydroxylation sites is 2. The molecule has 0 unspecified atom stereocenters. The molecule has 0 saturated heterocycles. The number of nitrogens with zero attached hydrogens (tertiary/aromatic N) is 1. The van der Waals surface area contributed by atoms with Crippen LogP contribution < -0.4 is 14.6 Å². The third-order valence-electron chi connectivity index (χ3n) is 4.43. The number of fused-ring (bicyclic) bond motifs is 2. The standard InChI is InChI=1S/C21H18N2O/c1-23-19-9-5-3-7-17(19)21(18-8-4-6-10-20(18)23)22-15-11-13-16(24-2)14-12-15/h3-14H,1-2H3/p+1. The average Bonchev–Trinajstić information content (AvgIpc) is 2.65. The van der Waals surface area contributed by atoms with Gasteiger partial charge in [-0.15, -0.1) is 0 Å². The number of ether oxygens (including phenoxy) is 1. The van der Waals surface area contributed by atoms with Gasteiger partial charge in [0.15, 0.2) is 0 Å². The number of aromatic nitrogens is 1. The maximum absolute atomic E-state index is 5.24. The second kappa shape index (κ2) is 5.85. The number of hydrogen-bond acceptors (Lipinski definition) is 2. The van der Waals surface area contributed by atoms with Gasteiger partial charge >= 0.3 is 0 Å². The van der Waals surface area contributed by atoms with Crippen LogP contribution in [0, 0.1) is 0 Å². The summed E-state index contributed by atoms with van der Waals surface area (Å²) in [6.07, 6.45) is 0. The second-order valence-corrected chi connectivity index (χ2v) is 5.82. The van der Waals surface area contributed by atoms with E-state index in [0.717, 1.165) is 17.1 Å². The van der Waals surface area contributed by atoms with Gasteiger partial charge in [0, 0.05) is 17.8 Å². The highest BCUT2D eigenvalue weighted by atomic mass is 16.5. The average molecular weight is 315 g/mol. The van der Waals surface area contributed by atoms with Crippen molar-refractivity contribution in [3.8, 4) is 5.75 Å². The minimum absolute atomic E-state index is 0.856. The normalized spacial score (nSPS) is 10.9. The van der Waals surface area contributed by atoms with Crippen molar-refractivity contribution >= 4 is 33.2 Å². The van der Waals surface area contributed by atoms with Crippen molar-refractivity contribution in [2.45, 2.75) is 0 Å². The Labute approximate surface area is 141 Å². The Morgan fingerprint density at radius 2 is 1.29 bits per heavy atom. The summed E-state index contributed by atoms with van der Waals surface area (Å²) in [4.78, 5) is 0. The molecule has 0 fully saturated rings. The predicted octanol–water partition coefficient (Wildman–Crippen LogP) is 4.57. The highest BCUT2D eigenvalue weighted by Crippen LogP contribution is 2.32. The Morgan fingerprint density at radius 1 is 0.750 bits per heavy atom. The number of anilines is 2. The summed E-state index contributed by atoms with van der Waals surface area (Å²) in [6.45, 7) is 0. The Hall–Kier alpha value is -3.07. The molecule has 4 rings (SSSR count). The maximum Gasteiger partial charge on any atom is 0.214 e. The molecule has 0 spiro atoms. The quantitative estimate of drug-likeness (QED) is 0.442. The Balaban J connectivity index is 1.95. The molecule has 0 aliphatic rings. The molecule has 0 atom stereocenters. The van der Waals surface area contributed by atoms with Crippen LogP contribution in [0.1, 0.15) is 0 Å². The van der Waals surface area contributed by atoms with Gasteiger partial charge in [-0.3, -0.25) is 0 Å². The smallest absolute Gasteiger partial charge is 0.214 e. The highest BCUT2D eigenvalue weighted by molar-refractivity contribution is 6.06. The topological polar surface area (TPSA) is 25.1 Å². The molecule has 1 aromatic heterocycles. The molecule has 1 N–H and O–H groups in total. The fourth-order valence-corrected chi connectivity index (χ4v) is 3.18. The van der Waals surface area contributed by atoms with Crippen LogP contribution in [0.5, 0.6) is 5.75 Å². The third-order valence-corrected chi connectivity index (χ3v) is 4.43. The largest absolute Gasteiger partial charge is 0.497 e. The molecule has 0 aliphatic heterocycles. The molecule has 0 radical (unpaired) electrons. The zero-order valence-corrected chi connectivity index (χ0v) is 13.8. The molecule has 0 saturated carbocycles. The van der Waals surface area contributed by atoms with Crippen molar-refractivity contribution in [1.82, 2.24) is 0 Å². The molecule has 1 heterocycles. The number of benzene rings is 3. The summed E-state index contributed by atoms with van der Waals surface area (Å²) in [5, 5.41) is 6.01. The van der Waals surface area contributed by atoms with Gasteiger partial charge in [-0.1, -0.05) is 24.3 Å². The van der Waals surface area contributed by atoms with E-state index in [1.54, 1.807) is 7.11 Å². The number of pyridine rings is 1. The van der Waals surface area contributed by atoms with E-state index in [9.17, 15) is 0 Å². The van der Waals surface area contributed by atoms with Gasteiger partial charge in [-0.05, 0) is 36.4 Å². The van der Waals surface area contributed by atoms with Crippen molar-refractivity contribution in [3.63, 3.8) is 0 Å². The lowest BCUT2D eigenvalue weighted by atomic mass is 10.1. The van der Waals surface area contributed by atoms with E-state index in [0.29, 0.717) is 0 Å². The van der Waals surface area contributed by atoms with Crippen LogP contribution in [0.25, 0.3) is 21.8 Å². The SMILES string of the molecule is COc1ccc(Nc2c3ccccc3[n+](C)c3ccccc23)cc1. The Morgan fingerprint density at radius 3 is 1.83 bits per heavy atom. The first-order chi connectivity index (χ1) is 11.8. The summed E-state index contributed by atoms with van der Waals surface area (Å²) in [6, 6.07) is 25.0. The monoisotopic (exact) mass is 315 g/mol. The number of hydrogen-bond donors (Lipinski definition) is 1. The maximum atomic E-state index is 5.24. The molecular weight excluding hydrogens is 296 g/mol. The van der Waals surface area contributed by atoms with E-state index in [4.69, 9.17) is 4.74 Å². The van der Waals surface area contributed by atoms with Crippen molar-refractivity contribution < 1.29 is 9.30 Å². The lowest BCUT2D eigenvalue weighted by Gasteiger charge is -2.13. The molecule has 3 nitrogen and oxygen atoms in total. The molecule has 0 bridgehead atoms. The molecule has 0 amide bonds. The molecule has 3 aromatic carbocycles. The van der Waals surface area contributed by atoms with Crippen LogP contribution in [0.15, 0.2) is 72.8 Å². The number of aryl methyl sites for hydroxylation is 1. The zero-order valence-electron chi connectivity index (χ0n) is 13.8. The van der Waals surface area contributed by atoms with Crippen molar-refractivity contribution in [3.05, 3.63) is 72.8 Å². The number of rotatable bonds is 3.